The summed E-state index contributed by atoms with van der Waals surface area (Å²) in [7, 11) is -0.365. The van der Waals surface area contributed by atoms with Crippen LogP contribution in [0.1, 0.15) is 64.5 Å². The fourth-order valence-electron chi connectivity index (χ4n) is 3.62. The van der Waals surface area contributed by atoms with Gasteiger partial charge in [0.2, 0.25) is 8.32 Å². The van der Waals surface area contributed by atoms with Crippen molar-refractivity contribution >= 4 is 8.32 Å². The van der Waals surface area contributed by atoms with Crippen molar-refractivity contribution in [1.29, 1.82) is 0 Å². The molecule has 0 bridgehead atoms. The van der Waals surface area contributed by atoms with Gasteiger partial charge < -0.3 is 0 Å². The monoisotopic (exact) mass is 390 g/mol. The van der Waals surface area contributed by atoms with Crippen LogP contribution in [0.3, 0.4) is 0 Å². The summed E-state index contributed by atoms with van der Waals surface area (Å²) >= 11 is 0. The fraction of sp³-hybridized carbons (Fsp3) is 0.700. The van der Waals surface area contributed by atoms with Crippen molar-refractivity contribution in [3.8, 4) is 0 Å². The lowest BCUT2D eigenvalue weighted by atomic mass is 10.0. The first kappa shape index (κ1) is 23.2. The van der Waals surface area contributed by atoms with Crippen LogP contribution >= 0.6 is 0 Å². The normalized spacial score (nSPS) is 13.0. The van der Waals surface area contributed by atoms with Crippen molar-refractivity contribution in [2.75, 3.05) is 7.11 Å². The highest BCUT2D eigenvalue weighted by atomic mass is 28.4. The molecule has 0 radical (unpaired) electrons. The number of alkyl halides is 3. The van der Waals surface area contributed by atoms with Crippen LogP contribution in [-0.4, -0.2) is 15.4 Å². The van der Waals surface area contributed by atoms with Crippen LogP contribution in [0.15, 0.2) is 24.3 Å². The van der Waals surface area contributed by atoms with Gasteiger partial charge >= 0.3 is 6.18 Å². The third-order valence-corrected chi connectivity index (χ3v) is 10.8. The summed E-state index contributed by atoms with van der Waals surface area (Å²) in [5, 5.41) is 0. The maximum absolute atomic E-state index is 12.7. The predicted molar refractivity (Wildman–Crippen MR) is 102 cm³/mol. The van der Waals surface area contributed by atoms with Crippen LogP contribution in [0.5, 0.6) is 0 Å². The van der Waals surface area contributed by atoms with Gasteiger partial charge in [0.05, 0.1) is 12.7 Å². The van der Waals surface area contributed by atoms with E-state index in [-0.39, 0.29) is 0 Å². The number of halogens is 3. The maximum atomic E-state index is 12.7. The molecule has 6 heteroatoms. The second kappa shape index (κ2) is 10.5. The molecule has 0 unspecified atom stereocenters. The van der Waals surface area contributed by atoms with Crippen LogP contribution in [0, 0.1) is 0 Å². The van der Waals surface area contributed by atoms with E-state index in [1.54, 1.807) is 13.2 Å². The second-order valence-corrected chi connectivity index (χ2v) is 12.5. The molecule has 0 spiro atoms. The standard InChI is InChI=1S/C20H33F3O2Si/c1-16(2)26(17(3)4,25-24-5)14-9-7-6-8-11-18-12-10-13-19(15-18)20(21,22)23/h10,12-13,15-17H,6-9,11,14H2,1-5H3. The van der Waals surface area contributed by atoms with Crippen molar-refractivity contribution in [3.05, 3.63) is 35.4 Å². The van der Waals surface area contributed by atoms with E-state index in [4.69, 9.17) is 9.46 Å². The Morgan fingerprint density at radius 3 is 2.12 bits per heavy atom. The van der Waals surface area contributed by atoms with Crippen LogP contribution < -0.4 is 0 Å². The molecule has 0 aromatic heterocycles. The van der Waals surface area contributed by atoms with Gasteiger partial charge in [0.1, 0.15) is 0 Å². The van der Waals surface area contributed by atoms with Gasteiger partial charge in [0.15, 0.2) is 0 Å². The second-order valence-electron chi connectivity index (χ2n) is 7.63. The van der Waals surface area contributed by atoms with Crippen LogP contribution in [0.2, 0.25) is 17.1 Å². The minimum atomic E-state index is -4.26. The molecule has 0 aliphatic heterocycles. The summed E-state index contributed by atoms with van der Waals surface area (Å²) in [6.07, 6.45) is 0.497. The minimum absolute atomic E-state index is 0.479. The molecule has 0 saturated carbocycles. The quantitative estimate of drug-likeness (QED) is 0.173. The molecule has 0 heterocycles. The van der Waals surface area contributed by atoms with Gasteiger partial charge in [-0.1, -0.05) is 65.2 Å². The summed E-state index contributed by atoms with van der Waals surface area (Å²) in [5.74, 6) is 0. The molecule has 2 nitrogen and oxygen atoms in total. The van der Waals surface area contributed by atoms with Crippen LogP contribution in [0.4, 0.5) is 13.2 Å². The average Bonchev–Trinajstić information content (AvgIpc) is 2.55. The molecule has 0 atom stereocenters. The highest BCUT2D eigenvalue weighted by Gasteiger charge is 2.43. The number of rotatable bonds is 11. The van der Waals surface area contributed by atoms with E-state index in [1.165, 1.54) is 12.1 Å². The van der Waals surface area contributed by atoms with Crippen molar-refractivity contribution in [2.45, 2.75) is 83.1 Å². The zero-order valence-electron chi connectivity index (χ0n) is 16.7. The van der Waals surface area contributed by atoms with Gasteiger partial charge in [-0.3, -0.25) is 9.46 Å². The Labute approximate surface area is 157 Å². The molecule has 150 valence electrons. The lowest BCUT2D eigenvalue weighted by molar-refractivity contribution is -0.194. The molecular formula is C20H33F3O2Si. The average molecular weight is 391 g/mol. The first-order chi connectivity index (χ1) is 12.1. The van der Waals surface area contributed by atoms with E-state index in [9.17, 15) is 13.2 Å². The van der Waals surface area contributed by atoms with Gasteiger partial charge in [0.25, 0.3) is 0 Å². The van der Waals surface area contributed by atoms with Gasteiger partial charge in [-0.05, 0) is 41.6 Å². The van der Waals surface area contributed by atoms with Crippen LogP contribution in [-0.2, 0) is 22.1 Å². The Morgan fingerprint density at radius 1 is 0.962 bits per heavy atom. The summed E-state index contributed by atoms with van der Waals surface area (Å²) in [4.78, 5) is 5.07. The van der Waals surface area contributed by atoms with Gasteiger partial charge in [-0.2, -0.15) is 13.2 Å². The molecular weight excluding hydrogens is 357 g/mol. The Kier molecular flexibility index (Phi) is 9.34. The van der Waals surface area contributed by atoms with Crippen LogP contribution in [0.25, 0.3) is 0 Å². The van der Waals surface area contributed by atoms with Crippen molar-refractivity contribution in [3.63, 3.8) is 0 Å². The van der Waals surface area contributed by atoms with E-state index in [0.717, 1.165) is 43.4 Å². The summed E-state index contributed by atoms with van der Waals surface area (Å²) in [6, 6.07) is 6.71. The topological polar surface area (TPSA) is 18.5 Å². The number of hydrogen-bond donors (Lipinski definition) is 0. The van der Waals surface area contributed by atoms with Gasteiger partial charge in [0, 0.05) is 0 Å². The Balaban J connectivity index is 2.43. The lowest BCUT2D eigenvalue weighted by Gasteiger charge is -2.36. The third-order valence-electron chi connectivity index (χ3n) is 5.23. The maximum Gasteiger partial charge on any atom is 0.416 e. The summed E-state index contributed by atoms with van der Waals surface area (Å²) in [6.45, 7) is 8.83. The van der Waals surface area contributed by atoms with Crippen molar-refractivity contribution < 1.29 is 22.6 Å². The highest BCUT2D eigenvalue weighted by Crippen LogP contribution is 2.38. The SMILES string of the molecule is COO[Si](CCCCCCc1cccc(C(F)(F)F)c1)(C(C)C)C(C)C. The molecule has 0 saturated heterocycles. The lowest BCUT2D eigenvalue weighted by Crippen LogP contribution is -2.44. The van der Waals surface area contributed by atoms with Crippen molar-refractivity contribution in [1.82, 2.24) is 0 Å². The molecule has 26 heavy (non-hydrogen) atoms. The van der Waals surface area contributed by atoms with E-state index in [1.807, 2.05) is 0 Å². The number of benzene rings is 1. The molecule has 0 N–H and O–H groups in total. The Bertz CT molecular complexity index is 522. The molecule has 0 fully saturated rings. The molecule has 0 aliphatic rings. The van der Waals surface area contributed by atoms with Gasteiger partial charge in [-0.15, -0.1) is 0 Å². The summed E-state index contributed by atoms with van der Waals surface area (Å²) in [5.41, 5.74) is 1.16. The third kappa shape index (κ3) is 6.71. The number of unbranched alkanes of at least 4 members (excludes halogenated alkanes) is 3. The Morgan fingerprint density at radius 2 is 1.58 bits per heavy atom. The van der Waals surface area contributed by atoms with E-state index in [0.29, 0.717) is 17.5 Å². The first-order valence-electron chi connectivity index (χ1n) is 9.51. The molecule has 1 rings (SSSR count). The van der Waals surface area contributed by atoms with E-state index >= 15 is 0 Å². The molecule has 1 aromatic carbocycles. The number of aryl methyl sites for hydroxylation is 1. The molecule has 0 aliphatic carbocycles. The first-order valence-corrected chi connectivity index (χ1v) is 11.8. The minimum Gasteiger partial charge on any atom is -0.286 e. The zero-order valence-corrected chi connectivity index (χ0v) is 17.7. The smallest absolute Gasteiger partial charge is 0.286 e. The highest BCUT2D eigenvalue weighted by molar-refractivity contribution is 6.76. The Hall–Kier alpha value is -0.853. The largest absolute Gasteiger partial charge is 0.416 e. The fourth-order valence-corrected chi connectivity index (χ4v) is 7.69. The summed E-state index contributed by atoms with van der Waals surface area (Å²) < 4.78 is 44.0. The van der Waals surface area contributed by atoms with Gasteiger partial charge in [-0.25, -0.2) is 0 Å². The number of hydrogen-bond acceptors (Lipinski definition) is 2. The van der Waals surface area contributed by atoms with E-state index < -0.39 is 20.1 Å². The molecule has 1 aromatic rings. The van der Waals surface area contributed by atoms with Crippen molar-refractivity contribution in [2.24, 2.45) is 0 Å². The predicted octanol–water partition coefficient (Wildman–Crippen LogP) is 7.15. The van der Waals surface area contributed by atoms with E-state index in [2.05, 4.69) is 27.7 Å². The zero-order chi connectivity index (χ0) is 19.8. The molecule has 0 amide bonds.